The number of thiophene rings is 1. The molecule has 1 aliphatic heterocycles. The molecule has 0 atom stereocenters. The Bertz CT molecular complexity index is 1310. The number of halogens is 1. The summed E-state index contributed by atoms with van der Waals surface area (Å²) in [6.07, 6.45) is 0. The first kappa shape index (κ1) is 22.1. The predicted molar refractivity (Wildman–Crippen MR) is 134 cm³/mol. The lowest BCUT2D eigenvalue weighted by Gasteiger charge is -2.34. The van der Waals surface area contributed by atoms with Crippen molar-refractivity contribution >= 4 is 33.2 Å². The number of nitrogens with one attached hydrogen (secondary N) is 1. The van der Waals surface area contributed by atoms with Crippen LogP contribution in [0.2, 0.25) is 5.02 Å². The van der Waals surface area contributed by atoms with Gasteiger partial charge in [0.1, 0.15) is 16.3 Å². The second-order valence-corrected chi connectivity index (χ2v) is 9.74. The summed E-state index contributed by atoms with van der Waals surface area (Å²) in [5.74, 6) is 1.53. The quantitative estimate of drug-likeness (QED) is 0.436. The summed E-state index contributed by atoms with van der Waals surface area (Å²) in [5.41, 5.74) is 2.97. The van der Waals surface area contributed by atoms with E-state index in [-0.39, 0.29) is 5.56 Å². The molecule has 170 valence electrons. The Morgan fingerprint density at radius 2 is 1.76 bits per heavy atom. The van der Waals surface area contributed by atoms with Crippen LogP contribution in [0.5, 0.6) is 5.75 Å². The molecular weight excluding hydrogens is 456 g/mol. The van der Waals surface area contributed by atoms with Crippen molar-refractivity contribution in [1.82, 2.24) is 19.8 Å². The van der Waals surface area contributed by atoms with Crippen LogP contribution in [-0.4, -0.2) is 53.1 Å². The molecule has 0 saturated carbocycles. The van der Waals surface area contributed by atoms with Crippen LogP contribution in [0.15, 0.2) is 59.4 Å². The van der Waals surface area contributed by atoms with Crippen LogP contribution < -0.4 is 10.3 Å². The number of aromatic amines is 1. The van der Waals surface area contributed by atoms with E-state index in [1.54, 1.807) is 7.11 Å². The van der Waals surface area contributed by atoms with E-state index < -0.39 is 0 Å². The number of aromatic nitrogens is 2. The molecule has 8 heteroatoms. The minimum absolute atomic E-state index is 0.0700. The SMILES string of the molecule is COc1ccc(-c2cc3nc(CN4CCN(Cc5cccc(Cl)c5)CC4)[nH]c(=O)c3s2)cc1. The van der Waals surface area contributed by atoms with Crippen molar-refractivity contribution in [3.63, 3.8) is 0 Å². The zero-order valence-corrected chi connectivity index (χ0v) is 20.0. The Labute approximate surface area is 201 Å². The average Bonchev–Trinajstić information content (AvgIpc) is 3.25. The van der Waals surface area contributed by atoms with E-state index in [0.717, 1.165) is 65.3 Å². The van der Waals surface area contributed by atoms with E-state index in [4.69, 9.17) is 21.3 Å². The van der Waals surface area contributed by atoms with Gasteiger partial charge in [0.05, 0.1) is 19.2 Å². The maximum Gasteiger partial charge on any atom is 0.268 e. The van der Waals surface area contributed by atoms with Crippen molar-refractivity contribution in [1.29, 1.82) is 0 Å². The number of H-pyrrole nitrogens is 1. The van der Waals surface area contributed by atoms with Crippen LogP contribution in [0.1, 0.15) is 11.4 Å². The molecule has 0 bridgehead atoms. The van der Waals surface area contributed by atoms with Crippen molar-refractivity contribution in [3.05, 3.63) is 81.4 Å². The van der Waals surface area contributed by atoms with Crippen LogP contribution in [0.25, 0.3) is 20.7 Å². The smallest absolute Gasteiger partial charge is 0.268 e. The molecule has 1 saturated heterocycles. The summed E-state index contributed by atoms with van der Waals surface area (Å²) < 4.78 is 5.90. The van der Waals surface area contributed by atoms with Gasteiger partial charge < -0.3 is 9.72 Å². The van der Waals surface area contributed by atoms with Crippen LogP contribution >= 0.6 is 22.9 Å². The van der Waals surface area contributed by atoms with Crippen LogP contribution in [0.3, 0.4) is 0 Å². The van der Waals surface area contributed by atoms with Crippen LogP contribution in [0.4, 0.5) is 0 Å². The fourth-order valence-corrected chi connectivity index (χ4v) is 5.38. The maximum atomic E-state index is 12.7. The third-order valence-electron chi connectivity index (χ3n) is 5.94. The number of hydrogen-bond acceptors (Lipinski definition) is 6. The first-order chi connectivity index (χ1) is 16.1. The van der Waals surface area contributed by atoms with Crippen molar-refractivity contribution in [2.45, 2.75) is 13.1 Å². The van der Waals surface area contributed by atoms with Crippen LogP contribution in [0, 0.1) is 0 Å². The zero-order valence-electron chi connectivity index (χ0n) is 18.4. The van der Waals surface area contributed by atoms with Gasteiger partial charge in [-0.25, -0.2) is 4.98 Å². The van der Waals surface area contributed by atoms with Gasteiger partial charge >= 0.3 is 0 Å². The average molecular weight is 481 g/mol. The molecule has 1 fully saturated rings. The maximum absolute atomic E-state index is 12.7. The molecule has 5 rings (SSSR count). The van der Waals surface area contributed by atoms with Crippen molar-refractivity contribution in [3.8, 4) is 16.2 Å². The standard InChI is InChI=1S/C25H25ClN4O2S/c1-32-20-7-5-18(6-8-20)22-14-21-24(33-22)25(31)28-23(27-21)16-30-11-9-29(10-12-30)15-17-3-2-4-19(26)13-17/h2-8,13-14H,9-12,15-16H2,1H3,(H,27,28,31). The number of fused-ring (bicyclic) bond motifs is 1. The molecule has 0 aliphatic carbocycles. The fourth-order valence-electron chi connectivity index (χ4n) is 4.17. The van der Waals surface area contributed by atoms with Gasteiger partial charge in [-0.1, -0.05) is 23.7 Å². The Kier molecular flexibility index (Phi) is 6.46. The predicted octanol–water partition coefficient (Wildman–Crippen LogP) is 4.63. The molecule has 0 amide bonds. The summed E-state index contributed by atoms with van der Waals surface area (Å²) >= 11 is 7.58. The third kappa shape index (κ3) is 5.12. The molecule has 2 aromatic carbocycles. The van der Waals surface area contributed by atoms with E-state index in [0.29, 0.717) is 11.2 Å². The lowest BCUT2D eigenvalue weighted by atomic mass is 10.2. The number of rotatable bonds is 6. The molecule has 4 aromatic rings. The number of hydrogen-bond donors (Lipinski definition) is 1. The summed E-state index contributed by atoms with van der Waals surface area (Å²) in [6.45, 7) is 5.35. The lowest BCUT2D eigenvalue weighted by Crippen LogP contribution is -2.45. The van der Waals surface area contributed by atoms with Gasteiger partial charge in [-0.3, -0.25) is 14.6 Å². The Morgan fingerprint density at radius 3 is 2.45 bits per heavy atom. The first-order valence-electron chi connectivity index (χ1n) is 10.9. The van der Waals surface area contributed by atoms with Gasteiger partial charge in [0.15, 0.2) is 0 Å². The molecule has 0 unspecified atom stereocenters. The summed E-state index contributed by atoms with van der Waals surface area (Å²) in [5, 5.41) is 0.778. The fraction of sp³-hybridized carbons (Fsp3) is 0.280. The van der Waals surface area contributed by atoms with Gasteiger partial charge in [0.2, 0.25) is 0 Å². The third-order valence-corrected chi connectivity index (χ3v) is 7.35. The Balaban J connectivity index is 1.25. The van der Waals surface area contributed by atoms with Gasteiger partial charge in [-0.2, -0.15) is 0 Å². The van der Waals surface area contributed by atoms with E-state index >= 15 is 0 Å². The van der Waals surface area contributed by atoms with E-state index in [1.807, 2.05) is 48.5 Å². The number of benzene rings is 2. The lowest BCUT2D eigenvalue weighted by molar-refractivity contribution is 0.120. The monoisotopic (exact) mass is 480 g/mol. The van der Waals surface area contributed by atoms with Gasteiger partial charge in [-0.05, 0) is 53.6 Å². The topological polar surface area (TPSA) is 61.5 Å². The van der Waals surface area contributed by atoms with Crippen molar-refractivity contribution in [2.24, 2.45) is 0 Å². The van der Waals surface area contributed by atoms with Crippen molar-refractivity contribution in [2.75, 3.05) is 33.3 Å². The Morgan fingerprint density at radius 1 is 1.03 bits per heavy atom. The number of piperazine rings is 1. The molecule has 2 aromatic heterocycles. The minimum Gasteiger partial charge on any atom is -0.497 e. The van der Waals surface area contributed by atoms with Gasteiger partial charge in [0, 0.05) is 42.6 Å². The summed E-state index contributed by atoms with van der Waals surface area (Å²) in [6, 6.07) is 17.9. The van der Waals surface area contributed by atoms with Crippen molar-refractivity contribution < 1.29 is 4.74 Å². The van der Waals surface area contributed by atoms with Gasteiger partial charge in [0.25, 0.3) is 5.56 Å². The zero-order chi connectivity index (χ0) is 22.8. The number of nitrogens with zero attached hydrogens (tertiary/aromatic N) is 3. The summed E-state index contributed by atoms with van der Waals surface area (Å²) in [7, 11) is 1.65. The second-order valence-electron chi connectivity index (χ2n) is 8.25. The highest BCUT2D eigenvalue weighted by molar-refractivity contribution is 7.22. The number of ether oxygens (including phenoxy) is 1. The highest BCUT2D eigenvalue weighted by Crippen LogP contribution is 2.31. The molecule has 3 heterocycles. The molecular formula is C25H25ClN4O2S. The minimum atomic E-state index is -0.0700. The van der Waals surface area contributed by atoms with Gasteiger partial charge in [-0.15, -0.1) is 11.3 Å². The molecule has 1 N–H and O–H groups in total. The van der Waals surface area contributed by atoms with E-state index in [1.165, 1.54) is 16.9 Å². The molecule has 33 heavy (non-hydrogen) atoms. The molecule has 1 aliphatic rings. The number of methoxy groups -OCH3 is 1. The molecule has 0 radical (unpaired) electrons. The normalized spacial score (nSPS) is 15.2. The van der Waals surface area contributed by atoms with E-state index in [2.05, 4.69) is 20.9 Å². The highest BCUT2D eigenvalue weighted by Gasteiger charge is 2.19. The van der Waals surface area contributed by atoms with E-state index in [9.17, 15) is 4.79 Å². The first-order valence-corrected chi connectivity index (χ1v) is 12.1. The second kappa shape index (κ2) is 9.65. The molecule has 6 nitrogen and oxygen atoms in total. The van der Waals surface area contributed by atoms with Crippen LogP contribution in [-0.2, 0) is 13.1 Å². The summed E-state index contributed by atoms with van der Waals surface area (Å²) in [4.78, 5) is 26.3. The highest BCUT2D eigenvalue weighted by atomic mass is 35.5. The molecule has 0 spiro atoms. The largest absolute Gasteiger partial charge is 0.497 e. The Hall–Kier alpha value is -2.71.